The van der Waals surface area contributed by atoms with Gasteiger partial charge in [0.05, 0.1) is 17.8 Å². The third-order valence-corrected chi connectivity index (χ3v) is 3.49. The van der Waals surface area contributed by atoms with E-state index in [1.54, 1.807) is 12.1 Å². The number of carbonyl (C=O) groups excluding carboxylic acids is 1. The highest BCUT2D eigenvalue weighted by Crippen LogP contribution is 2.14. The Morgan fingerprint density at radius 2 is 1.73 bits per heavy atom. The number of nitro groups is 1. The molecule has 1 aromatic heterocycles. The van der Waals surface area contributed by atoms with Crippen molar-refractivity contribution in [3.8, 4) is 0 Å². The van der Waals surface area contributed by atoms with Gasteiger partial charge in [0.25, 0.3) is 5.69 Å². The lowest BCUT2D eigenvalue weighted by molar-refractivity contribution is -0.384. The number of anilines is 1. The minimum absolute atomic E-state index is 0.00761. The molecule has 8 nitrogen and oxygen atoms in total. The van der Waals surface area contributed by atoms with Crippen LogP contribution >= 0.6 is 0 Å². The number of rotatable bonds is 6. The fourth-order valence-corrected chi connectivity index (χ4v) is 2.24. The number of non-ortho nitro benzene ring substituents is 1. The molecule has 1 heterocycles. The van der Waals surface area contributed by atoms with Gasteiger partial charge < -0.3 is 4.42 Å². The van der Waals surface area contributed by atoms with E-state index in [1.165, 1.54) is 36.4 Å². The van der Waals surface area contributed by atoms with Crippen molar-refractivity contribution in [3.63, 3.8) is 0 Å². The van der Waals surface area contributed by atoms with E-state index in [0.717, 1.165) is 5.56 Å². The van der Waals surface area contributed by atoms with Gasteiger partial charge in [-0.2, -0.15) is 0 Å². The Hall–Kier alpha value is -3.62. The second-order valence-corrected chi connectivity index (χ2v) is 5.45. The lowest BCUT2D eigenvalue weighted by Crippen LogP contribution is -2.14. The maximum absolute atomic E-state index is 12.9. The van der Waals surface area contributed by atoms with Gasteiger partial charge in [0, 0.05) is 12.1 Å². The lowest BCUT2D eigenvalue weighted by Gasteiger charge is -2.01. The van der Waals surface area contributed by atoms with Crippen molar-refractivity contribution < 1.29 is 18.5 Å². The van der Waals surface area contributed by atoms with Gasteiger partial charge in [0.2, 0.25) is 11.8 Å². The Morgan fingerprint density at radius 1 is 1.08 bits per heavy atom. The number of benzene rings is 2. The van der Waals surface area contributed by atoms with Crippen molar-refractivity contribution in [2.45, 2.75) is 12.8 Å². The number of hydrogen-bond acceptors (Lipinski definition) is 6. The first-order valence-corrected chi connectivity index (χ1v) is 7.59. The molecule has 0 unspecified atom stereocenters. The van der Waals surface area contributed by atoms with Crippen LogP contribution < -0.4 is 5.32 Å². The summed E-state index contributed by atoms with van der Waals surface area (Å²) >= 11 is 0. The first-order valence-electron chi connectivity index (χ1n) is 7.59. The predicted molar refractivity (Wildman–Crippen MR) is 88.9 cm³/mol. The molecule has 0 aliphatic rings. The van der Waals surface area contributed by atoms with E-state index in [1.807, 2.05) is 0 Å². The monoisotopic (exact) mass is 356 g/mol. The molecule has 3 aromatic rings. The lowest BCUT2D eigenvalue weighted by atomic mass is 10.1. The van der Waals surface area contributed by atoms with Crippen LogP contribution in [0.25, 0.3) is 0 Å². The van der Waals surface area contributed by atoms with Gasteiger partial charge in [-0.15, -0.1) is 5.10 Å². The van der Waals surface area contributed by atoms with Crippen molar-refractivity contribution in [1.82, 2.24) is 10.2 Å². The molecule has 0 saturated heterocycles. The molecule has 0 bridgehead atoms. The molecule has 0 fully saturated rings. The van der Waals surface area contributed by atoms with Crippen molar-refractivity contribution in [2.24, 2.45) is 0 Å². The average Bonchev–Trinajstić information content (AvgIpc) is 3.04. The summed E-state index contributed by atoms with van der Waals surface area (Å²) in [5, 5.41) is 20.6. The molecule has 2 aromatic carbocycles. The smallest absolute Gasteiger partial charge is 0.322 e. The number of aromatic nitrogens is 2. The van der Waals surface area contributed by atoms with E-state index in [2.05, 4.69) is 15.5 Å². The quantitative estimate of drug-likeness (QED) is 0.537. The molecule has 0 atom stereocenters. The molecule has 0 radical (unpaired) electrons. The van der Waals surface area contributed by atoms with Gasteiger partial charge >= 0.3 is 6.01 Å². The fraction of sp³-hybridized carbons (Fsp3) is 0.118. The minimum Gasteiger partial charge on any atom is -0.407 e. The van der Waals surface area contributed by atoms with Gasteiger partial charge in [-0.1, -0.05) is 29.4 Å². The minimum atomic E-state index is -0.509. The summed E-state index contributed by atoms with van der Waals surface area (Å²) in [4.78, 5) is 22.1. The Kier molecular flexibility index (Phi) is 4.97. The summed E-state index contributed by atoms with van der Waals surface area (Å²) in [7, 11) is 0. The topological polar surface area (TPSA) is 111 Å². The summed E-state index contributed by atoms with van der Waals surface area (Å²) in [6.45, 7) is 0. The maximum Gasteiger partial charge on any atom is 0.322 e. The summed E-state index contributed by atoms with van der Waals surface area (Å²) in [6, 6.07) is 11.5. The molecule has 0 saturated carbocycles. The van der Waals surface area contributed by atoms with E-state index in [0.29, 0.717) is 12.0 Å². The van der Waals surface area contributed by atoms with Crippen LogP contribution in [0.5, 0.6) is 0 Å². The number of amides is 1. The number of nitrogens with zero attached hydrogens (tertiary/aromatic N) is 3. The standard InChI is InChI=1S/C17H13FN4O4/c18-13-5-1-12(2-6-13)10-16-20-21-17(26-16)19-15(23)9-11-3-7-14(8-4-11)22(24)25/h1-8H,9-10H2,(H,19,21,23). The van der Waals surface area contributed by atoms with E-state index < -0.39 is 10.8 Å². The number of nitrogens with one attached hydrogen (secondary N) is 1. The third kappa shape index (κ3) is 4.47. The Bertz CT molecular complexity index is 923. The van der Waals surface area contributed by atoms with Gasteiger partial charge in [0.15, 0.2) is 0 Å². The first kappa shape index (κ1) is 17.2. The van der Waals surface area contributed by atoms with Crippen molar-refractivity contribution in [2.75, 3.05) is 5.32 Å². The highest BCUT2D eigenvalue weighted by molar-refractivity contribution is 5.90. The van der Waals surface area contributed by atoms with Crippen LogP contribution in [0.1, 0.15) is 17.0 Å². The van der Waals surface area contributed by atoms with E-state index >= 15 is 0 Å². The van der Waals surface area contributed by atoms with Crippen LogP contribution in [0.15, 0.2) is 52.9 Å². The van der Waals surface area contributed by atoms with E-state index in [9.17, 15) is 19.3 Å². The average molecular weight is 356 g/mol. The summed E-state index contributed by atoms with van der Waals surface area (Å²) in [5.74, 6) is -0.448. The number of hydrogen-bond donors (Lipinski definition) is 1. The van der Waals surface area contributed by atoms with Crippen LogP contribution in [0.2, 0.25) is 0 Å². The Balaban J connectivity index is 1.57. The van der Waals surface area contributed by atoms with Crippen LogP contribution in [-0.2, 0) is 17.6 Å². The number of nitro benzene ring substituents is 1. The first-order chi connectivity index (χ1) is 12.5. The Morgan fingerprint density at radius 3 is 2.38 bits per heavy atom. The highest BCUT2D eigenvalue weighted by atomic mass is 19.1. The number of carbonyl (C=O) groups is 1. The second-order valence-electron chi connectivity index (χ2n) is 5.45. The predicted octanol–water partition coefficient (Wildman–Crippen LogP) is 2.89. The maximum atomic E-state index is 12.9. The van der Waals surface area contributed by atoms with Crippen molar-refractivity contribution >= 4 is 17.6 Å². The normalized spacial score (nSPS) is 10.5. The SMILES string of the molecule is O=C(Cc1ccc([N+](=O)[O-])cc1)Nc1nnc(Cc2ccc(F)cc2)o1. The molecule has 0 aliphatic heterocycles. The van der Waals surface area contributed by atoms with Gasteiger partial charge in [-0.3, -0.25) is 20.2 Å². The van der Waals surface area contributed by atoms with Gasteiger partial charge in [-0.05, 0) is 23.3 Å². The summed E-state index contributed by atoms with van der Waals surface area (Å²) in [6.07, 6.45) is 0.319. The summed E-state index contributed by atoms with van der Waals surface area (Å²) < 4.78 is 18.2. The molecule has 0 spiro atoms. The molecule has 1 amide bonds. The van der Waals surface area contributed by atoms with Crippen LogP contribution in [0, 0.1) is 15.9 Å². The molecular formula is C17H13FN4O4. The van der Waals surface area contributed by atoms with Crippen LogP contribution in [-0.4, -0.2) is 21.0 Å². The van der Waals surface area contributed by atoms with Crippen molar-refractivity contribution in [3.05, 3.63) is 81.5 Å². The van der Waals surface area contributed by atoms with E-state index in [4.69, 9.17) is 4.42 Å². The molecule has 132 valence electrons. The molecule has 1 N–H and O–H groups in total. The summed E-state index contributed by atoms with van der Waals surface area (Å²) in [5.41, 5.74) is 1.36. The number of halogens is 1. The second kappa shape index (κ2) is 7.51. The molecule has 26 heavy (non-hydrogen) atoms. The molecule has 3 rings (SSSR count). The van der Waals surface area contributed by atoms with Crippen LogP contribution in [0.4, 0.5) is 16.1 Å². The zero-order chi connectivity index (χ0) is 18.5. The fourth-order valence-electron chi connectivity index (χ4n) is 2.24. The van der Waals surface area contributed by atoms with Gasteiger partial charge in [0.1, 0.15) is 5.82 Å². The zero-order valence-corrected chi connectivity index (χ0v) is 13.4. The molecule has 9 heteroatoms. The molecular weight excluding hydrogens is 343 g/mol. The molecule has 0 aliphatic carbocycles. The van der Waals surface area contributed by atoms with Crippen molar-refractivity contribution in [1.29, 1.82) is 0 Å². The van der Waals surface area contributed by atoms with Crippen LogP contribution in [0.3, 0.4) is 0 Å². The largest absolute Gasteiger partial charge is 0.407 e. The zero-order valence-electron chi connectivity index (χ0n) is 13.4. The van der Waals surface area contributed by atoms with E-state index in [-0.39, 0.29) is 29.8 Å². The highest BCUT2D eigenvalue weighted by Gasteiger charge is 2.12. The third-order valence-electron chi connectivity index (χ3n) is 3.49. The van der Waals surface area contributed by atoms with Gasteiger partial charge in [-0.25, -0.2) is 4.39 Å². The Labute approximate surface area is 146 Å².